The molecule has 1 aromatic heterocycles. The van der Waals surface area contributed by atoms with Gasteiger partial charge in [0.25, 0.3) is 0 Å². The highest BCUT2D eigenvalue weighted by Crippen LogP contribution is 2.29. The quantitative estimate of drug-likeness (QED) is 0.681. The first-order valence-corrected chi connectivity index (χ1v) is 5.94. The Morgan fingerprint density at radius 1 is 1.26 bits per heavy atom. The number of nitrogens with zero attached hydrogens (tertiary/aromatic N) is 3. The van der Waals surface area contributed by atoms with Crippen LogP contribution in [0.25, 0.3) is 0 Å². The third kappa shape index (κ3) is 3.00. The molecule has 1 N–H and O–H groups in total. The van der Waals surface area contributed by atoms with E-state index in [2.05, 4.69) is 4.98 Å². The number of hydrogen-bond donors (Lipinski definition) is 1. The first-order chi connectivity index (χ1) is 9.10. The van der Waals surface area contributed by atoms with Gasteiger partial charge in [-0.05, 0) is 30.3 Å². The summed E-state index contributed by atoms with van der Waals surface area (Å²) in [6, 6.07) is 10.9. The SMILES string of the molecule is N#Cc1nc(Sc2ccc(O)cc2)ccc1[N+](=O)[O-]. The van der Waals surface area contributed by atoms with Gasteiger partial charge < -0.3 is 5.11 Å². The number of pyridine rings is 1. The van der Waals surface area contributed by atoms with E-state index in [0.717, 1.165) is 4.90 Å². The van der Waals surface area contributed by atoms with E-state index >= 15 is 0 Å². The summed E-state index contributed by atoms with van der Waals surface area (Å²) in [4.78, 5) is 14.8. The number of phenolic OH excluding ortho intramolecular Hbond substituents is 1. The molecule has 0 amide bonds. The number of phenols is 1. The molecule has 7 heteroatoms. The molecular formula is C12H7N3O3S. The third-order valence-electron chi connectivity index (χ3n) is 2.21. The highest BCUT2D eigenvalue weighted by molar-refractivity contribution is 7.99. The van der Waals surface area contributed by atoms with Crippen LogP contribution in [0.3, 0.4) is 0 Å². The fraction of sp³-hybridized carbons (Fsp3) is 0. The van der Waals surface area contributed by atoms with Gasteiger partial charge in [-0.3, -0.25) is 10.1 Å². The highest BCUT2D eigenvalue weighted by Gasteiger charge is 2.15. The van der Waals surface area contributed by atoms with Gasteiger partial charge in [0.1, 0.15) is 16.8 Å². The maximum atomic E-state index is 10.7. The van der Waals surface area contributed by atoms with Crippen LogP contribution in [0.1, 0.15) is 5.69 Å². The van der Waals surface area contributed by atoms with Crippen LogP contribution in [0.5, 0.6) is 5.75 Å². The standard InChI is InChI=1S/C12H7N3O3S/c13-7-10-11(15(17)18)5-6-12(14-10)19-9-3-1-8(16)2-4-9/h1-6,16H. The van der Waals surface area contributed by atoms with E-state index in [0.29, 0.717) is 5.03 Å². The van der Waals surface area contributed by atoms with Gasteiger partial charge in [0.15, 0.2) is 0 Å². The first-order valence-electron chi connectivity index (χ1n) is 5.12. The molecule has 1 aromatic carbocycles. The summed E-state index contributed by atoms with van der Waals surface area (Å²) < 4.78 is 0. The lowest BCUT2D eigenvalue weighted by Gasteiger charge is -2.01. The molecule has 0 aliphatic carbocycles. The van der Waals surface area contributed by atoms with Crippen molar-refractivity contribution in [3.05, 3.63) is 52.2 Å². The largest absolute Gasteiger partial charge is 0.508 e. The van der Waals surface area contributed by atoms with E-state index in [1.165, 1.54) is 36.0 Å². The van der Waals surface area contributed by atoms with Gasteiger partial charge in [0.05, 0.1) is 4.92 Å². The topological polar surface area (TPSA) is 100 Å². The second-order valence-electron chi connectivity index (χ2n) is 3.48. The molecule has 0 fully saturated rings. The van der Waals surface area contributed by atoms with Gasteiger partial charge in [-0.1, -0.05) is 11.8 Å². The predicted octanol–water partition coefficient (Wildman–Crippen LogP) is 2.72. The smallest absolute Gasteiger partial charge is 0.305 e. The average molecular weight is 273 g/mol. The predicted molar refractivity (Wildman–Crippen MR) is 67.8 cm³/mol. The molecule has 2 aromatic rings. The van der Waals surface area contributed by atoms with Gasteiger partial charge >= 0.3 is 5.69 Å². The number of hydrogen-bond acceptors (Lipinski definition) is 6. The minimum Gasteiger partial charge on any atom is -0.508 e. The number of aromatic nitrogens is 1. The Bertz CT molecular complexity index is 665. The molecule has 1 heterocycles. The summed E-state index contributed by atoms with van der Waals surface area (Å²) >= 11 is 1.25. The average Bonchev–Trinajstić information content (AvgIpc) is 2.41. The summed E-state index contributed by atoms with van der Waals surface area (Å²) in [7, 11) is 0. The Morgan fingerprint density at radius 2 is 1.95 bits per heavy atom. The molecule has 0 spiro atoms. The Balaban J connectivity index is 2.29. The zero-order chi connectivity index (χ0) is 13.8. The molecule has 2 rings (SSSR count). The molecule has 94 valence electrons. The maximum absolute atomic E-state index is 10.7. The Kier molecular flexibility index (Phi) is 3.63. The van der Waals surface area contributed by atoms with Gasteiger partial charge in [-0.15, -0.1) is 0 Å². The summed E-state index contributed by atoms with van der Waals surface area (Å²) in [5, 5.41) is 29.1. The van der Waals surface area contributed by atoms with Crippen LogP contribution in [0.2, 0.25) is 0 Å². The summed E-state index contributed by atoms with van der Waals surface area (Å²) in [6.45, 7) is 0. The van der Waals surface area contributed by atoms with Crippen LogP contribution < -0.4 is 0 Å². The van der Waals surface area contributed by atoms with Crippen LogP contribution in [-0.2, 0) is 0 Å². The zero-order valence-electron chi connectivity index (χ0n) is 9.48. The van der Waals surface area contributed by atoms with E-state index in [9.17, 15) is 10.1 Å². The summed E-state index contributed by atoms with van der Waals surface area (Å²) in [5.74, 6) is 0.152. The van der Waals surface area contributed by atoms with Crippen LogP contribution in [0.15, 0.2) is 46.3 Å². The minimum atomic E-state index is -0.638. The molecule has 0 saturated heterocycles. The van der Waals surface area contributed by atoms with Crippen molar-refractivity contribution < 1.29 is 10.0 Å². The second-order valence-corrected chi connectivity index (χ2v) is 4.58. The van der Waals surface area contributed by atoms with Crippen molar-refractivity contribution >= 4 is 17.4 Å². The number of rotatable bonds is 3. The van der Waals surface area contributed by atoms with Crippen LogP contribution in [-0.4, -0.2) is 15.0 Å². The number of nitro groups is 1. The zero-order valence-corrected chi connectivity index (χ0v) is 10.3. The number of aromatic hydroxyl groups is 1. The number of benzene rings is 1. The van der Waals surface area contributed by atoms with Crippen molar-refractivity contribution in [3.8, 4) is 11.8 Å². The Labute approximate surface area is 112 Å². The van der Waals surface area contributed by atoms with E-state index in [1.807, 2.05) is 0 Å². The van der Waals surface area contributed by atoms with Gasteiger partial charge in [0, 0.05) is 11.0 Å². The lowest BCUT2D eigenvalue weighted by atomic mass is 10.3. The summed E-state index contributed by atoms with van der Waals surface area (Å²) in [6.07, 6.45) is 0. The molecule has 0 bridgehead atoms. The van der Waals surface area contributed by atoms with Crippen molar-refractivity contribution in [2.24, 2.45) is 0 Å². The fourth-order valence-corrected chi connectivity index (χ4v) is 2.14. The molecule has 0 saturated carbocycles. The van der Waals surface area contributed by atoms with Crippen LogP contribution >= 0.6 is 11.8 Å². The molecular weight excluding hydrogens is 266 g/mol. The first kappa shape index (κ1) is 12.9. The Morgan fingerprint density at radius 3 is 2.53 bits per heavy atom. The number of nitriles is 1. The van der Waals surface area contributed by atoms with Gasteiger partial charge in [-0.2, -0.15) is 5.26 Å². The molecule has 0 atom stereocenters. The lowest BCUT2D eigenvalue weighted by Crippen LogP contribution is -1.95. The second kappa shape index (κ2) is 5.37. The maximum Gasteiger partial charge on any atom is 0.305 e. The molecule has 19 heavy (non-hydrogen) atoms. The van der Waals surface area contributed by atoms with Crippen molar-refractivity contribution in [3.63, 3.8) is 0 Å². The molecule has 6 nitrogen and oxygen atoms in total. The van der Waals surface area contributed by atoms with E-state index in [-0.39, 0.29) is 17.1 Å². The molecule has 0 aliphatic heterocycles. The highest BCUT2D eigenvalue weighted by atomic mass is 32.2. The van der Waals surface area contributed by atoms with Crippen molar-refractivity contribution in [2.75, 3.05) is 0 Å². The normalized spacial score (nSPS) is 9.84. The molecule has 0 unspecified atom stereocenters. The fourth-order valence-electron chi connectivity index (χ4n) is 1.36. The lowest BCUT2D eigenvalue weighted by molar-refractivity contribution is -0.385. The van der Waals surface area contributed by atoms with Crippen LogP contribution in [0.4, 0.5) is 5.69 Å². The monoisotopic (exact) mass is 273 g/mol. The van der Waals surface area contributed by atoms with E-state index in [1.54, 1.807) is 18.2 Å². The van der Waals surface area contributed by atoms with Crippen molar-refractivity contribution in [1.82, 2.24) is 4.98 Å². The van der Waals surface area contributed by atoms with E-state index in [4.69, 9.17) is 10.4 Å². The minimum absolute atomic E-state index is 0.152. The van der Waals surface area contributed by atoms with Gasteiger partial charge in [-0.25, -0.2) is 4.98 Å². The molecule has 0 radical (unpaired) electrons. The summed E-state index contributed by atoms with van der Waals surface area (Å²) in [5.41, 5.74) is -0.522. The van der Waals surface area contributed by atoms with Crippen LogP contribution in [0, 0.1) is 21.4 Å². The molecule has 0 aliphatic rings. The Hall–Kier alpha value is -2.59. The van der Waals surface area contributed by atoms with E-state index < -0.39 is 4.92 Å². The third-order valence-corrected chi connectivity index (χ3v) is 3.15. The van der Waals surface area contributed by atoms with Crippen molar-refractivity contribution in [1.29, 1.82) is 5.26 Å². The van der Waals surface area contributed by atoms with Gasteiger partial charge in [0.2, 0.25) is 5.69 Å². The van der Waals surface area contributed by atoms with Crippen molar-refractivity contribution in [2.45, 2.75) is 9.92 Å².